The van der Waals surface area contributed by atoms with Gasteiger partial charge in [-0.15, -0.1) is 0 Å². The number of pyridine rings is 1. The highest BCUT2D eigenvalue weighted by Gasteiger charge is 2.45. The lowest BCUT2D eigenvalue weighted by Gasteiger charge is -2.28. The number of nitrogens with zero attached hydrogens (tertiary/aromatic N) is 2. The number of aliphatic hydroxyl groups is 1. The highest BCUT2D eigenvalue weighted by molar-refractivity contribution is 6.31. The molecular formula is C25H17ClN2O4. The number of para-hydroxylation sites is 1. The van der Waals surface area contributed by atoms with Gasteiger partial charge in [0.1, 0.15) is 5.58 Å². The predicted molar refractivity (Wildman–Crippen MR) is 121 cm³/mol. The molecule has 1 amide bonds. The summed E-state index contributed by atoms with van der Waals surface area (Å²) in [5.41, 5.74) is 2.38. The zero-order chi connectivity index (χ0) is 22.4. The molecule has 2 aromatic carbocycles. The number of carbonyl (C=O) groups excluding carboxylic acids is 2. The molecule has 0 radical (unpaired) electrons. The van der Waals surface area contributed by atoms with Crippen molar-refractivity contribution in [1.82, 2.24) is 4.98 Å². The Morgan fingerprint density at radius 3 is 2.59 bits per heavy atom. The minimum atomic E-state index is -0.872. The minimum Gasteiger partial charge on any atom is -0.503 e. The van der Waals surface area contributed by atoms with Crippen molar-refractivity contribution in [2.24, 2.45) is 0 Å². The number of anilines is 1. The number of aliphatic hydroxyl groups excluding tert-OH is 1. The van der Waals surface area contributed by atoms with Gasteiger partial charge in [-0.05, 0) is 54.4 Å². The van der Waals surface area contributed by atoms with Crippen molar-refractivity contribution in [1.29, 1.82) is 0 Å². The van der Waals surface area contributed by atoms with Gasteiger partial charge in [-0.25, -0.2) is 0 Å². The fourth-order valence-corrected chi connectivity index (χ4v) is 4.18. The van der Waals surface area contributed by atoms with Crippen LogP contribution in [-0.4, -0.2) is 21.8 Å². The zero-order valence-corrected chi connectivity index (χ0v) is 17.7. The van der Waals surface area contributed by atoms with Crippen molar-refractivity contribution in [3.05, 3.63) is 106 Å². The van der Waals surface area contributed by atoms with Crippen LogP contribution in [0.1, 0.15) is 27.7 Å². The van der Waals surface area contributed by atoms with E-state index in [1.807, 2.05) is 19.1 Å². The van der Waals surface area contributed by atoms with Gasteiger partial charge in [0.15, 0.2) is 11.5 Å². The summed E-state index contributed by atoms with van der Waals surface area (Å²) in [7, 11) is 0. The maximum atomic E-state index is 13.6. The first-order chi connectivity index (χ1) is 15.5. The van der Waals surface area contributed by atoms with E-state index < -0.39 is 23.5 Å². The lowest BCUT2D eigenvalue weighted by Crippen LogP contribution is -2.31. The Labute approximate surface area is 188 Å². The van der Waals surface area contributed by atoms with E-state index in [2.05, 4.69) is 4.98 Å². The van der Waals surface area contributed by atoms with Crippen molar-refractivity contribution >= 4 is 39.9 Å². The average molecular weight is 445 g/mol. The van der Waals surface area contributed by atoms with Crippen LogP contribution < -0.4 is 4.90 Å². The topological polar surface area (TPSA) is 83.6 Å². The molecule has 1 atom stereocenters. The van der Waals surface area contributed by atoms with Crippen molar-refractivity contribution in [3.63, 3.8) is 0 Å². The number of aromatic nitrogens is 1. The third-order valence-corrected chi connectivity index (χ3v) is 5.79. The molecular weight excluding hydrogens is 428 g/mol. The van der Waals surface area contributed by atoms with E-state index in [-0.39, 0.29) is 11.3 Å². The zero-order valence-electron chi connectivity index (χ0n) is 16.9. The Hall–Kier alpha value is -3.90. The van der Waals surface area contributed by atoms with Gasteiger partial charge in [-0.3, -0.25) is 19.5 Å². The lowest BCUT2D eigenvalue weighted by atomic mass is 9.95. The van der Waals surface area contributed by atoms with Crippen LogP contribution in [0.2, 0.25) is 5.02 Å². The van der Waals surface area contributed by atoms with Gasteiger partial charge in [0.2, 0.25) is 5.78 Å². The van der Waals surface area contributed by atoms with Crippen molar-refractivity contribution in [3.8, 4) is 0 Å². The Kier molecular flexibility index (Phi) is 4.79. The van der Waals surface area contributed by atoms with Crippen LogP contribution in [0.5, 0.6) is 0 Å². The number of benzene rings is 2. The summed E-state index contributed by atoms with van der Waals surface area (Å²) < 4.78 is 5.74. The number of Topliss-reactive ketones (excluding diaryl/α,β-unsaturated/α-hetero) is 1. The third kappa shape index (κ3) is 3.16. The molecule has 6 nitrogen and oxygen atoms in total. The second-order valence-corrected chi connectivity index (χ2v) is 7.97. The Balaban J connectivity index is 1.69. The van der Waals surface area contributed by atoms with Crippen LogP contribution in [0.15, 0.2) is 88.8 Å². The molecule has 0 saturated heterocycles. The normalized spacial score (nSPS) is 16.2. The molecule has 0 bridgehead atoms. The van der Waals surface area contributed by atoms with Crippen LogP contribution >= 0.6 is 11.6 Å². The molecule has 1 aliphatic heterocycles. The number of halogens is 1. The Morgan fingerprint density at radius 2 is 1.84 bits per heavy atom. The first kappa shape index (κ1) is 20.0. The van der Waals surface area contributed by atoms with E-state index in [9.17, 15) is 14.7 Å². The van der Waals surface area contributed by atoms with Crippen molar-refractivity contribution in [2.75, 3.05) is 4.90 Å². The molecule has 0 aliphatic carbocycles. The molecule has 32 heavy (non-hydrogen) atoms. The van der Waals surface area contributed by atoms with Crippen LogP contribution in [0.3, 0.4) is 0 Å². The molecule has 5 rings (SSSR count). The SMILES string of the molecule is Cc1ccc(Cl)cc1N1C(=O)C(O)=C(C(=O)c2cc3ccccc3o2)C1c1ccncc1. The van der Waals surface area contributed by atoms with Gasteiger partial charge in [-0.2, -0.15) is 0 Å². The second kappa shape index (κ2) is 7.66. The summed E-state index contributed by atoms with van der Waals surface area (Å²) >= 11 is 6.21. The van der Waals surface area contributed by atoms with Gasteiger partial charge in [-0.1, -0.05) is 35.9 Å². The summed E-state index contributed by atoms with van der Waals surface area (Å²) in [6, 6.07) is 16.5. The summed E-state index contributed by atoms with van der Waals surface area (Å²) in [6.07, 6.45) is 3.14. The number of hydrogen-bond acceptors (Lipinski definition) is 5. The van der Waals surface area contributed by atoms with E-state index in [0.717, 1.165) is 10.9 Å². The summed E-state index contributed by atoms with van der Waals surface area (Å²) in [6.45, 7) is 1.83. The summed E-state index contributed by atoms with van der Waals surface area (Å²) in [5, 5.41) is 12.1. The van der Waals surface area contributed by atoms with Gasteiger partial charge in [0, 0.05) is 28.5 Å². The molecule has 0 spiro atoms. The number of fused-ring (bicyclic) bond motifs is 1. The first-order valence-corrected chi connectivity index (χ1v) is 10.3. The predicted octanol–water partition coefficient (Wildman–Crippen LogP) is 5.57. The van der Waals surface area contributed by atoms with Crippen LogP contribution in [0.4, 0.5) is 5.69 Å². The molecule has 1 unspecified atom stereocenters. The summed E-state index contributed by atoms with van der Waals surface area (Å²) in [4.78, 5) is 32.2. The van der Waals surface area contributed by atoms with Crippen molar-refractivity contribution in [2.45, 2.75) is 13.0 Å². The number of ketones is 1. The van der Waals surface area contributed by atoms with E-state index in [4.69, 9.17) is 16.0 Å². The van der Waals surface area contributed by atoms with E-state index in [1.165, 1.54) is 4.90 Å². The highest BCUT2D eigenvalue weighted by Crippen LogP contribution is 2.43. The molecule has 0 saturated carbocycles. The number of rotatable bonds is 4. The van der Waals surface area contributed by atoms with Gasteiger partial charge in [0.25, 0.3) is 5.91 Å². The fourth-order valence-electron chi connectivity index (χ4n) is 4.02. The lowest BCUT2D eigenvalue weighted by molar-refractivity contribution is -0.117. The summed E-state index contributed by atoms with van der Waals surface area (Å²) in [5.74, 6) is -1.81. The van der Waals surface area contributed by atoms with Gasteiger partial charge < -0.3 is 9.52 Å². The molecule has 158 valence electrons. The average Bonchev–Trinajstić information content (AvgIpc) is 3.35. The number of hydrogen-bond donors (Lipinski definition) is 1. The molecule has 2 aromatic heterocycles. The minimum absolute atomic E-state index is 0.0456. The van der Waals surface area contributed by atoms with Crippen LogP contribution in [0, 0.1) is 6.92 Å². The van der Waals surface area contributed by atoms with Crippen molar-refractivity contribution < 1.29 is 19.1 Å². The number of furan rings is 1. The van der Waals surface area contributed by atoms with E-state index >= 15 is 0 Å². The first-order valence-electron chi connectivity index (χ1n) is 9.91. The van der Waals surface area contributed by atoms with E-state index in [0.29, 0.717) is 21.9 Å². The highest BCUT2D eigenvalue weighted by atomic mass is 35.5. The molecule has 7 heteroatoms. The number of amides is 1. The molecule has 1 N–H and O–H groups in total. The fraction of sp³-hybridized carbons (Fsp3) is 0.0800. The molecule has 0 fully saturated rings. The van der Waals surface area contributed by atoms with E-state index in [1.54, 1.807) is 60.9 Å². The monoisotopic (exact) mass is 444 g/mol. The standard InChI is InChI=1S/C25H17ClN2O4/c1-14-6-7-17(26)13-18(14)28-22(15-8-10-27-11-9-15)21(24(30)25(28)31)23(29)20-12-16-4-2-3-5-19(16)32-20/h2-13,22,30H,1H3. The Bertz CT molecular complexity index is 1380. The quantitative estimate of drug-likeness (QED) is 0.416. The maximum absolute atomic E-state index is 13.6. The molecule has 1 aliphatic rings. The molecule has 4 aromatic rings. The van der Waals surface area contributed by atoms with Gasteiger partial charge >= 0.3 is 0 Å². The van der Waals surface area contributed by atoms with Crippen LogP contribution in [0.25, 0.3) is 11.0 Å². The molecule has 3 heterocycles. The number of carbonyl (C=O) groups is 2. The largest absolute Gasteiger partial charge is 0.503 e. The maximum Gasteiger partial charge on any atom is 0.294 e. The Morgan fingerprint density at radius 1 is 1.09 bits per heavy atom. The van der Waals surface area contributed by atoms with Crippen LogP contribution in [-0.2, 0) is 4.79 Å². The second-order valence-electron chi connectivity index (χ2n) is 7.53. The third-order valence-electron chi connectivity index (χ3n) is 5.55. The van der Waals surface area contributed by atoms with Gasteiger partial charge in [0.05, 0.1) is 11.6 Å². The smallest absolute Gasteiger partial charge is 0.294 e. The number of aryl methyl sites for hydroxylation is 1.